The minimum absolute atomic E-state index is 0.184. The molecular formula is C14H22N2O5S. The first-order valence-electron chi connectivity index (χ1n) is 6.39. The summed E-state index contributed by atoms with van der Waals surface area (Å²) in [4.78, 5) is 22.4. The highest BCUT2D eigenvalue weighted by atomic mass is 32.2. The maximum absolute atomic E-state index is 11.6. The molecule has 0 fully saturated rings. The predicted octanol–water partition coefficient (Wildman–Crippen LogP) is 2.62. The second kappa shape index (κ2) is 7.26. The molecule has 0 aliphatic heterocycles. The van der Waals surface area contributed by atoms with E-state index in [9.17, 15) is 18.0 Å². The molecule has 0 aromatic carbocycles. The van der Waals surface area contributed by atoms with Gasteiger partial charge in [0.2, 0.25) is 0 Å². The van der Waals surface area contributed by atoms with Crippen molar-refractivity contribution in [2.24, 2.45) is 5.41 Å². The highest BCUT2D eigenvalue weighted by Gasteiger charge is 2.14. The van der Waals surface area contributed by atoms with Crippen molar-refractivity contribution in [1.29, 1.82) is 0 Å². The van der Waals surface area contributed by atoms with E-state index in [1.807, 2.05) is 4.72 Å². The van der Waals surface area contributed by atoms with Crippen molar-refractivity contribution < 1.29 is 18.3 Å². The molecule has 0 aliphatic carbocycles. The molecule has 0 bridgehead atoms. The Kier molecular flexibility index (Phi) is 6.57. The van der Waals surface area contributed by atoms with E-state index in [0.29, 0.717) is 15.4 Å². The van der Waals surface area contributed by atoms with Gasteiger partial charge in [-0.15, -0.1) is 0 Å². The fourth-order valence-corrected chi connectivity index (χ4v) is 1.69. The smallest absolute Gasteiger partial charge is 0.418 e. The molecule has 0 saturated heterocycles. The largest absolute Gasteiger partial charge is 0.464 e. The van der Waals surface area contributed by atoms with Crippen LogP contribution in [-0.2, 0) is 10.0 Å². The van der Waals surface area contributed by atoms with E-state index < -0.39 is 21.7 Å². The zero-order chi connectivity index (χ0) is 17.7. The zero-order valence-electron chi connectivity index (χ0n) is 13.4. The lowest BCUT2D eigenvalue weighted by molar-refractivity contribution is 0.194. The average Bonchev–Trinajstić information content (AvgIpc) is 2.30. The van der Waals surface area contributed by atoms with Crippen LogP contribution in [0.5, 0.6) is 0 Å². The normalized spacial score (nSPS) is 11.1. The molecule has 124 valence electrons. The second-order valence-corrected chi connectivity index (χ2v) is 7.75. The van der Waals surface area contributed by atoms with Crippen LogP contribution < -0.4 is 10.3 Å². The maximum Gasteiger partial charge on any atom is 0.418 e. The lowest BCUT2D eigenvalue weighted by Gasteiger charge is -2.08. The molecule has 1 aromatic rings. The number of aryl methyl sites for hydroxylation is 1. The number of carbonyl (C=O) groups is 1. The van der Waals surface area contributed by atoms with Gasteiger partial charge >= 0.3 is 6.09 Å². The van der Waals surface area contributed by atoms with Gasteiger partial charge in [-0.1, -0.05) is 34.3 Å². The summed E-state index contributed by atoms with van der Waals surface area (Å²) in [5.41, 5.74) is -0.620. The Labute approximate surface area is 130 Å². The van der Waals surface area contributed by atoms with Crippen LogP contribution in [0, 0.1) is 12.3 Å². The third-order valence-electron chi connectivity index (χ3n) is 1.94. The fraction of sp³-hybridized carbons (Fsp3) is 0.429. The van der Waals surface area contributed by atoms with E-state index in [-0.39, 0.29) is 11.4 Å². The minimum Gasteiger partial charge on any atom is -0.464 e. The lowest BCUT2D eigenvalue weighted by Crippen LogP contribution is -2.30. The molecule has 1 heterocycles. The van der Waals surface area contributed by atoms with Crippen LogP contribution in [0.4, 0.5) is 10.5 Å². The summed E-state index contributed by atoms with van der Waals surface area (Å²) in [7, 11) is -3.84. The Morgan fingerprint density at radius 1 is 1.32 bits per heavy atom. The maximum atomic E-state index is 11.6. The predicted molar refractivity (Wildman–Crippen MR) is 86.7 cm³/mol. The Bertz CT molecular complexity index is 706. The zero-order valence-corrected chi connectivity index (χ0v) is 14.2. The van der Waals surface area contributed by atoms with Crippen LogP contribution in [0.15, 0.2) is 28.9 Å². The Morgan fingerprint density at radius 3 is 2.14 bits per heavy atom. The molecule has 0 unspecified atom stereocenters. The van der Waals surface area contributed by atoms with Crippen molar-refractivity contribution in [1.82, 2.24) is 4.57 Å². The van der Waals surface area contributed by atoms with E-state index in [0.717, 1.165) is 0 Å². The molecule has 1 rings (SSSR count). The van der Waals surface area contributed by atoms with Gasteiger partial charge in [0.25, 0.3) is 15.6 Å². The topological polar surface area (TPSA) is 105 Å². The van der Waals surface area contributed by atoms with E-state index in [1.165, 1.54) is 19.1 Å². The Morgan fingerprint density at radius 2 is 1.77 bits per heavy atom. The third kappa shape index (κ3) is 7.07. The summed E-state index contributed by atoms with van der Waals surface area (Å²) in [6.07, 6.45) is -1.48. The molecule has 2 N–H and O–H groups in total. The van der Waals surface area contributed by atoms with Gasteiger partial charge in [-0.3, -0.25) is 9.52 Å². The van der Waals surface area contributed by atoms with Gasteiger partial charge in [0.15, 0.2) is 0 Å². The van der Waals surface area contributed by atoms with Gasteiger partial charge in [-0.05, 0) is 24.5 Å². The number of nitrogens with one attached hydrogen (secondary N) is 1. The standard InChI is InChI=1S/C9H10N2O5S.C5H12/c1-3-17(15,16)10-7-5-4-6(2)11(8(7)12)9(13)14;1-5(2,3)4/h3-5,10H,1H2,2H3,(H,13,14);1-4H3. The summed E-state index contributed by atoms with van der Waals surface area (Å²) < 4.78 is 24.7. The van der Waals surface area contributed by atoms with Crippen molar-refractivity contribution in [3.8, 4) is 0 Å². The number of hydrogen-bond donors (Lipinski definition) is 2. The van der Waals surface area contributed by atoms with E-state index in [1.54, 1.807) is 0 Å². The van der Waals surface area contributed by atoms with Gasteiger partial charge < -0.3 is 5.11 Å². The highest BCUT2D eigenvalue weighted by molar-refractivity contribution is 7.95. The minimum atomic E-state index is -3.84. The lowest BCUT2D eigenvalue weighted by atomic mass is 10.0. The van der Waals surface area contributed by atoms with Crippen LogP contribution in [0.2, 0.25) is 0 Å². The van der Waals surface area contributed by atoms with Crippen LogP contribution in [0.3, 0.4) is 0 Å². The highest BCUT2D eigenvalue weighted by Crippen LogP contribution is 2.08. The van der Waals surface area contributed by atoms with Crippen molar-refractivity contribution in [2.45, 2.75) is 34.6 Å². The molecule has 1 aromatic heterocycles. The molecule has 8 heteroatoms. The number of sulfonamides is 1. The van der Waals surface area contributed by atoms with Crippen LogP contribution in [0.1, 0.15) is 33.4 Å². The summed E-state index contributed by atoms with van der Waals surface area (Å²) in [6.45, 7) is 13.2. The Hall–Kier alpha value is -2.09. The second-order valence-electron chi connectivity index (χ2n) is 6.13. The summed E-state index contributed by atoms with van der Waals surface area (Å²) in [6, 6.07) is 2.51. The quantitative estimate of drug-likeness (QED) is 0.886. The van der Waals surface area contributed by atoms with Crippen molar-refractivity contribution >= 4 is 21.8 Å². The number of hydrogen-bond acceptors (Lipinski definition) is 4. The van der Waals surface area contributed by atoms with E-state index in [4.69, 9.17) is 5.11 Å². The van der Waals surface area contributed by atoms with Crippen molar-refractivity contribution in [3.05, 3.63) is 40.2 Å². The third-order valence-corrected chi connectivity index (χ3v) is 2.88. The van der Waals surface area contributed by atoms with Gasteiger partial charge in [-0.2, -0.15) is 0 Å². The summed E-state index contributed by atoms with van der Waals surface area (Å²) in [5.74, 6) is 0. The van der Waals surface area contributed by atoms with Crippen molar-refractivity contribution in [3.63, 3.8) is 0 Å². The molecule has 0 radical (unpaired) electrons. The molecular weight excluding hydrogens is 308 g/mol. The molecule has 7 nitrogen and oxygen atoms in total. The number of rotatable bonds is 3. The molecule has 0 aliphatic rings. The fourth-order valence-electron chi connectivity index (χ4n) is 1.14. The molecule has 22 heavy (non-hydrogen) atoms. The van der Waals surface area contributed by atoms with Crippen LogP contribution in [-0.4, -0.2) is 24.2 Å². The molecule has 0 spiro atoms. The van der Waals surface area contributed by atoms with Crippen molar-refractivity contribution in [2.75, 3.05) is 4.72 Å². The SMILES string of the molecule is C=CS(=O)(=O)Nc1ccc(C)n(C(=O)O)c1=O.CC(C)(C)C. The van der Waals surface area contributed by atoms with Gasteiger partial charge in [-0.25, -0.2) is 17.8 Å². The van der Waals surface area contributed by atoms with E-state index in [2.05, 4.69) is 34.3 Å². The number of aromatic nitrogens is 1. The van der Waals surface area contributed by atoms with Crippen LogP contribution >= 0.6 is 0 Å². The van der Waals surface area contributed by atoms with Crippen LogP contribution in [0.25, 0.3) is 0 Å². The average molecular weight is 330 g/mol. The number of pyridine rings is 1. The van der Waals surface area contributed by atoms with Gasteiger partial charge in [0.1, 0.15) is 5.69 Å². The summed E-state index contributed by atoms with van der Waals surface area (Å²) in [5, 5.41) is 9.41. The number of anilines is 1. The van der Waals surface area contributed by atoms with Gasteiger partial charge in [0, 0.05) is 11.1 Å². The first-order chi connectivity index (χ1) is 9.78. The number of carboxylic acid groups (broad SMARTS) is 1. The first kappa shape index (κ1) is 19.9. The summed E-state index contributed by atoms with van der Waals surface area (Å²) >= 11 is 0. The molecule has 0 atom stereocenters. The van der Waals surface area contributed by atoms with Gasteiger partial charge in [0.05, 0.1) is 0 Å². The van der Waals surface area contributed by atoms with E-state index >= 15 is 0 Å². The number of nitrogens with zero attached hydrogens (tertiary/aromatic N) is 1. The molecule has 0 amide bonds. The molecule has 0 saturated carbocycles. The monoisotopic (exact) mass is 330 g/mol. The first-order valence-corrected chi connectivity index (χ1v) is 7.94. The Balaban J connectivity index is 0.000000763.